The Morgan fingerprint density at radius 3 is 2.18 bits per heavy atom. The number of hydrogen-bond donors (Lipinski definition) is 3. The molecule has 0 spiro atoms. The van der Waals surface area contributed by atoms with Gasteiger partial charge in [0.2, 0.25) is 0 Å². The molecule has 0 saturated heterocycles. The van der Waals surface area contributed by atoms with E-state index >= 15 is 0 Å². The van der Waals surface area contributed by atoms with Crippen LogP contribution < -0.4 is 0 Å². The van der Waals surface area contributed by atoms with Crippen LogP contribution in [0.4, 0.5) is 0 Å². The van der Waals surface area contributed by atoms with E-state index in [0.717, 1.165) is 0 Å². The minimum absolute atomic E-state index is 0.182. The van der Waals surface area contributed by atoms with Crippen LogP contribution in [0.1, 0.15) is 6.92 Å². The first kappa shape index (κ1) is 10.5. The maximum absolute atomic E-state index is 9.04. The quantitative estimate of drug-likeness (QED) is 0.351. The summed E-state index contributed by atoms with van der Waals surface area (Å²) in [7, 11) is 4.66. The SMILES string of the molecule is [B]OC(=C)C(O)C(O)C(C)O. The highest BCUT2D eigenvalue weighted by Gasteiger charge is 2.23. The van der Waals surface area contributed by atoms with Gasteiger partial charge in [0.1, 0.15) is 12.2 Å². The monoisotopic (exact) mass is 158 g/mol. The van der Waals surface area contributed by atoms with Crippen molar-refractivity contribution in [3.05, 3.63) is 12.3 Å². The molecule has 5 heteroatoms. The third-order valence-electron chi connectivity index (χ3n) is 1.30. The molecule has 0 heterocycles. The minimum Gasteiger partial charge on any atom is -0.569 e. The molecule has 0 saturated carbocycles. The second-order valence-electron chi connectivity index (χ2n) is 2.26. The third kappa shape index (κ3) is 2.92. The molecule has 4 nitrogen and oxygen atoms in total. The Bertz CT molecular complexity index is 137. The molecule has 3 unspecified atom stereocenters. The molecule has 0 aliphatic carbocycles. The maximum atomic E-state index is 9.04. The highest BCUT2D eigenvalue weighted by molar-refractivity contribution is 5.98. The van der Waals surface area contributed by atoms with Gasteiger partial charge in [-0.1, -0.05) is 6.58 Å². The molecule has 0 aliphatic rings. The van der Waals surface area contributed by atoms with Gasteiger partial charge in [0.25, 0.3) is 0 Å². The van der Waals surface area contributed by atoms with Gasteiger partial charge in [0.05, 0.1) is 11.9 Å². The summed E-state index contributed by atoms with van der Waals surface area (Å²) in [6.07, 6.45) is -3.75. The predicted molar refractivity (Wildman–Crippen MR) is 39.7 cm³/mol. The van der Waals surface area contributed by atoms with E-state index in [1.54, 1.807) is 0 Å². The fraction of sp³-hybridized carbons (Fsp3) is 0.667. The summed E-state index contributed by atoms with van der Waals surface area (Å²) in [4.78, 5) is 0. The molecule has 0 bridgehead atoms. The van der Waals surface area contributed by atoms with Crippen LogP contribution in [0.2, 0.25) is 0 Å². The van der Waals surface area contributed by atoms with Crippen LogP contribution in [0.5, 0.6) is 0 Å². The summed E-state index contributed by atoms with van der Waals surface area (Å²) >= 11 is 0. The van der Waals surface area contributed by atoms with Crippen molar-refractivity contribution >= 4 is 8.05 Å². The first-order valence-corrected chi connectivity index (χ1v) is 3.10. The van der Waals surface area contributed by atoms with Crippen molar-refractivity contribution < 1.29 is 20.0 Å². The lowest BCUT2D eigenvalue weighted by atomic mass is 10.1. The minimum atomic E-state index is -1.36. The largest absolute Gasteiger partial charge is 0.569 e. The average Bonchev–Trinajstić information content (AvgIpc) is 2.00. The van der Waals surface area contributed by atoms with E-state index in [1.165, 1.54) is 6.92 Å². The molecule has 2 radical (unpaired) electrons. The van der Waals surface area contributed by atoms with Gasteiger partial charge >= 0.3 is 8.05 Å². The highest BCUT2D eigenvalue weighted by Crippen LogP contribution is 2.07. The Morgan fingerprint density at radius 2 is 1.91 bits per heavy atom. The molecule has 0 aromatic carbocycles. The average molecular weight is 158 g/mol. The van der Waals surface area contributed by atoms with Crippen LogP contribution >= 0.6 is 0 Å². The molecule has 0 rings (SSSR count). The Morgan fingerprint density at radius 1 is 1.45 bits per heavy atom. The molecule has 0 aromatic heterocycles. The van der Waals surface area contributed by atoms with E-state index in [9.17, 15) is 0 Å². The van der Waals surface area contributed by atoms with Crippen LogP contribution in [0.15, 0.2) is 12.3 Å². The van der Waals surface area contributed by atoms with Gasteiger partial charge in [0.15, 0.2) is 0 Å². The van der Waals surface area contributed by atoms with Crippen LogP contribution in [0.3, 0.4) is 0 Å². The smallest absolute Gasteiger partial charge is 0.373 e. The first-order valence-electron chi connectivity index (χ1n) is 3.10. The molecule has 3 atom stereocenters. The molecule has 0 aliphatic heterocycles. The fourth-order valence-corrected chi connectivity index (χ4v) is 0.524. The molecule has 0 aromatic rings. The maximum Gasteiger partial charge on any atom is 0.373 e. The topological polar surface area (TPSA) is 69.9 Å². The molecule has 3 N–H and O–H groups in total. The second kappa shape index (κ2) is 4.38. The fourth-order valence-electron chi connectivity index (χ4n) is 0.524. The summed E-state index contributed by atoms with van der Waals surface area (Å²) in [6, 6.07) is 0. The number of aliphatic hydroxyl groups is 3. The van der Waals surface area contributed by atoms with Crippen LogP contribution in [-0.4, -0.2) is 41.7 Å². The van der Waals surface area contributed by atoms with Crippen molar-refractivity contribution in [1.82, 2.24) is 0 Å². The standard InChI is InChI=1S/C6H11BO4/c1-3(8)5(9)6(10)4(2)11-7/h3,5-6,8-10H,2H2,1H3. The van der Waals surface area contributed by atoms with Gasteiger partial charge in [-0.25, -0.2) is 0 Å². The lowest BCUT2D eigenvalue weighted by Crippen LogP contribution is -2.36. The lowest BCUT2D eigenvalue weighted by Gasteiger charge is -2.21. The van der Waals surface area contributed by atoms with E-state index in [2.05, 4.69) is 19.3 Å². The summed E-state index contributed by atoms with van der Waals surface area (Å²) < 4.78 is 4.07. The van der Waals surface area contributed by atoms with Crippen LogP contribution in [0, 0.1) is 0 Å². The lowest BCUT2D eigenvalue weighted by molar-refractivity contribution is -0.0472. The van der Waals surface area contributed by atoms with Gasteiger partial charge < -0.3 is 20.0 Å². The van der Waals surface area contributed by atoms with Gasteiger partial charge in [-0.3, -0.25) is 0 Å². The van der Waals surface area contributed by atoms with Gasteiger partial charge in [-0.2, -0.15) is 0 Å². The van der Waals surface area contributed by atoms with E-state index in [1.807, 2.05) is 0 Å². The third-order valence-corrected chi connectivity index (χ3v) is 1.30. The van der Waals surface area contributed by atoms with Crippen molar-refractivity contribution in [3.8, 4) is 0 Å². The first-order chi connectivity index (χ1) is 5.00. The Kier molecular flexibility index (Phi) is 4.18. The van der Waals surface area contributed by atoms with Gasteiger partial charge in [-0.15, -0.1) is 0 Å². The number of rotatable bonds is 4. The summed E-state index contributed by atoms with van der Waals surface area (Å²) in [5, 5.41) is 26.8. The number of aliphatic hydroxyl groups excluding tert-OH is 3. The highest BCUT2D eigenvalue weighted by atomic mass is 16.4. The predicted octanol–water partition coefficient (Wildman–Crippen LogP) is -1.30. The summed E-state index contributed by atoms with van der Waals surface area (Å²) in [5.74, 6) is -0.182. The summed E-state index contributed by atoms with van der Waals surface area (Å²) in [5.41, 5.74) is 0. The van der Waals surface area contributed by atoms with E-state index in [4.69, 9.17) is 15.3 Å². The molecular formula is C6H11BO4. The van der Waals surface area contributed by atoms with Crippen molar-refractivity contribution in [1.29, 1.82) is 0 Å². The van der Waals surface area contributed by atoms with Crippen molar-refractivity contribution in [2.45, 2.75) is 25.2 Å². The van der Waals surface area contributed by atoms with E-state index < -0.39 is 18.3 Å². The molecular weight excluding hydrogens is 147 g/mol. The molecule has 62 valence electrons. The van der Waals surface area contributed by atoms with Crippen molar-refractivity contribution in [2.75, 3.05) is 0 Å². The van der Waals surface area contributed by atoms with E-state index in [-0.39, 0.29) is 5.76 Å². The van der Waals surface area contributed by atoms with Crippen LogP contribution in [0.25, 0.3) is 0 Å². The zero-order valence-electron chi connectivity index (χ0n) is 6.27. The molecule has 11 heavy (non-hydrogen) atoms. The van der Waals surface area contributed by atoms with Crippen LogP contribution in [-0.2, 0) is 4.65 Å². The normalized spacial score (nSPS) is 18.5. The van der Waals surface area contributed by atoms with E-state index in [0.29, 0.717) is 0 Å². The zero-order chi connectivity index (χ0) is 9.02. The molecule has 0 fully saturated rings. The Hall–Kier alpha value is -0.515. The van der Waals surface area contributed by atoms with Gasteiger partial charge in [-0.05, 0) is 6.92 Å². The Labute approximate surface area is 66.6 Å². The van der Waals surface area contributed by atoms with Crippen molar-refractivity contribution in [3.63, 3.8) is 0 Å². The number of hydrogen-bond acceptors (Lipinski definition) is 4. The summed E-state index contributed by atoms with van der Waals surface area (Å²) in [6.45, 7) is 4.54. The van der Waals surface area contributed by atoms with Gasteiger partial charge in [0, 0.05) is 0 Å². The molecule has 0 amide bonds. The Balaban J connectivity index is 4.01. The zero-order valence-corrected chi connectivity index (χ0v) is 6.27. The second-order valence-corrected chi connectivity index (χ2v) is 2.26. The van der Waals surface area contributed by atoms with Crippen molar-refractivity contribution in [2.24, 2.45) is 0 Å².